The molecule has 2 fully saturated rings. The molecular weight excluding hydrogens is 369 g/mol. The molecule has 2 heterocycles. The van der Waals surface area contributed by atoms with Crippen molar-refractivity contribution in [2.75, 3.05) is 23.4 Å². The van der Waals surface area contributed by atoms with Gasteiger partial charge in [-0.25, -0.2) is 0 Å². The van der Waals surface area contributed by atoms with Gasteiger partial charge in [0.05, 0.1) is 5.60 Å². The van der Waals surface area contributed by atoms with Crippen molar-refractivity contribution in [3.05, 3.63) is 27.8 Å². The average Bonchev–Trinajstić information content (AvgIpc) is 2.42. The Balaban J connectivity index is 1.67. The van der Waals surface area contributed by atoms with Crippen molar-refractivity contribution in [1.29, 1.82) is 0 Å². The number of thioether (sulfide) groups is 1. The monoisotopic (exact) mass is 389 g/mol. The van der Waals surface area contributed by atoms with Gasteiger partial charge in [0.1, 0.15) is 0 Å². The normalized spacial score (nSPS) is 26.3. The first-order chi connectivity index (χ1) is 9.27. The van der Waals surface area contributed by atoms with Gasteiger partial charge in [0.25, 0.3) is 0 Å². The Morgan fingerprint density at radius 2 is 2.05 bits per heavy atom. The maximum Gasteiger partial charge on any atom is 0.0717 e. The molecule has 0 amide bonds. The zero-order chi connectivity index (χ0) is 13.1. The molecule has 4 heteroatoms. The second kappa shape index (κ2) is 6.22. The summed E-state index contributed by atoms with van der Waals surface area (Å²) in [5, 5.41) is 3.73. The van der Waals surface area contributed by atoms with Gasteiger partial charge in [0, 0.05) is 21.9 Å². The molecule has 0 aliphatic carbocycles. The van der Waals surface area contributed by atoms with Crippen molar-refractivity contribution < 1.29 is 4.74 Å². The van der Waals surface area contributed by atoms with Crippen LogP contribution in [0.15, 0.2) is 24.3 Å². The van der Waals surface area contributed by atoms with E-state index in [1.165, 1.54) is 40.0 Å². The molecule has 1 aromatic carbocycles. The molecular formula is C15H20INOS. The lowest BCUT2D eigenvalue weighted by molar-refractivity contribution is -0.0865. The fourth-order valence-corrected chi connectivity index (χ4v) is 4.82. The van der Waals surface area contributed by atoms with Crippen molar-refractivity contribution in [1.82, 2.24) is 0 Å². The molecule has 1 spiro atoms. The topological polar surface area (TPSA) is 21.3 Å². The van der Waals surface area contributed by atoms with Crippen LogP contribution in [0.25, 0.3) is 0 Å². The molecule has 1 unspecified atom stereocenters. The van der Waals surface area contributed by atoms with E-state index in [2.05, 4.69) is 63.9 Å². The van der Waals surface area contributed by atoms with Crippen molar-refractivity contribution in [3.63, 3.8) is 0 Å². The number of hydrogen-bond donors (Lipinski definition) is 1. The third-order valence-corrected chi connectivity index (χ3v) is 6.06. The first-order valence-corrected chi connectivity index (χ1v) is 9.24. The van der Waals surface area contributed by atoms with Crippen LogP contribution in [-0.2, 0) is 4.74 Å². The fourth-order valence-electron chi connectivity index (χ4n) is 3.04. The second-order valence-corrected chi connectivity index (χ2v) is 7.84. The number of nitrogens with one attached hydrogen (secondary N) is 1. The Labute approximate surface area is 133 Å². The van der Waals surface area contributed by atoms with Crippen LogP contribution in [-0.4, -0.2) is 29.8 Å². The molecule has 0 saturated carbocycles. The highest BCUT2D eigenvalue weighted by atomic mass is 127. The van der Waals surface area contributed by atoms with E-state index in [0.717, 1.165) is 13.0 Å². The Morgan fingerprint density at radius 1 is 1.26 bits per heavy atom. The van der Waals surface area contributed by atoms with Crippen LogP contribution in [0, 0.1) is 3.57 Å². The molecule has 1 aromatic rings. The third-order valence-electron chi connectivity index (χ3n) is 4.13. The molecule has 1 atom stereocenters. The van der Waals surface area contributed by atoms with Gasteiger partial charge in [-0.1, -0.05) is 12.1 Å². The number of anilines is 1. The van der Waals surface area contributed by atoms with Gasteiger partial charge >= 0.3 is 0 Å². The predicted octanol–water partition coefficient (Wildman–Crippen LogP) is 4.15. The highest BCUT2D eigenvalue weighted by Gasteiger charge is 2.38. The summed E-state index contributed by atoms with van der Waals surface area (Å²) < 4.78 is 7.45. The minimum atomic E-state index is 0.168. The fraction of sp³-hybridized carbons (Fsp3) is 0.600. The molecule has 1 N–H and O–H groups in total. The van der Waals surface area contributed by atoms with Gasteiger partial charge in [0.2, 0.25) is 0 Å². The van der Waals surface area contributed by atoms with Gasteiger partial charge < -0.3 is 10.1 Å². The zero-order valence-electron chi connectivity index (χ0n) is 11.0. The molecule has 2 aliphatic rings. The van der Waals surface area contributed by atoms with Crippen LogP contribution in [0.2, 0.25) is 0 Å². The molecule has 0 aromatic heterocycles. The highest BCUT2D eigenvalue weighted by Crippen LogP contribution is 2.38. The molecule has 2 saturated heterocycles. The smallest absolute Gasteiger partial charge is 0.0717 e. The first kappa shape index (κ1) is 14.0. The molecule has 2 aliphatic heterocycles. The first-order valence-electron chi connectivity index (χ1n) is 7.00. The van der Waals surface area contributed by atoms with Crippen LogP contribution in [0.4, 0.5) is 5.69 Å². The Bertz CT molecular complexity index is 428. The maximum atomic E-state index is 6.15. The van der Waals surface area contributed by atoms with E-state index in [9.17, 15) is 0 Å². The lowest BCUT2D eigenvalue weighted by Crippen LogP contribution is -2.46. The van der Waals surface area contributed by atoms with Gasteiger partial charge in [-0.3, -0.25) is 0 Å². The standard InChI is InChI=1S/C15H20INOS/c16-13-3-1-2-4-14(13)17-12-5-8-18-15(11-12)6-9-19-10-7-15/h1-4,12,17H,5-11H2. The van der Waals surface area contributed by atoms with Crippen LogP contribution < -0.4 is 5.32 Å². The number of benzene rings is 1. The number of hydrogen-bond acceptors (Lipinski definition) is 3. The average molecular weight is 389 g/mol. The Kier molecular flexibility index (Phi) is 4.59. The third kappa shape index (κ3) is 3.39. The van der Waals surface area contributed by atoms with E-state index < -0.39 is 0 Å². The van der Waals surface area contributed by atoms with Crippen molar-refractivity contribution >= 4 is 40.0 Å². The number of ether oxygens (including phenoxy) is 1. The zero-order valence-corrected chi connectivity index (χ0v) is 14.0. The summed E-state index contributed by atoms with van der Waals surface area (Å²) in [5.41, 5.74) is 1.44. The number of rotatable bonds is 2. The SMILES string of the molecule is Ic1ccccc1NC1CCOC2(CCSCC2)C1. The lowest BCUT2D eigenvalue weighted by atomic mass is 9.85. The summed E-state index contributed by atoms with van der Waals surface area (Å²) in [6.07, 6.45) is 4.74. The van der Waals surface area contributed by atoms with E-state index in [4.69, 9.17) is 4.74 Å². The van der Waals surface area contributed by atoms with E-state index >= 15 is 0 Å². The summed E-state index contributed by atoms with van der Waals surface area (Å²) in [5.74, 6) is 2.52. The Hall–Kier alpha value is 0.0600. The minimum absolute atomic E-state index is 0.168. The van der Waals surface area contributed by atoms with Crippen molar-refractivity contribution in [2.45, 2.75) is 37.3 Å². The van der Waals surface area contributed by atoms with Gasteiger partial charge in [-0.15, -0.1) is 0 Å². The summed E-state index contributed by atoms with van der Waals surface area (Å²) in [7, 11) is 0. The molecule has 0 radical (unpaired) electrons. The summed E-state index contributed by atoms with van der Waals surface area (Å²) in [4.78, 5) is 0. The van der Waals surface area contributed by atoms with Crippen LogP contribution >= 0.6 is 34.4 Å². The van der Waals surface area contributed by atoms with E-state index in [1.54, 1.807) is 0 Å². The van der Waals surface area contributed by atoms with Crippen LogP contribution in [0.3, 0.4) is 0 Å². The highest BCUT2D eigenvalue weighted by molar-refractivity contribution is 14.1. The van der Waals surface area contributed by atoms with Crippen LogP contribution in [0.5, 0.6) is 0 Å². The quantitative estimate of drug-likeness (QED) is 0.768. The van der Waals surface area contributed by atoms with E-state index in [0.29, 0.717) is 6.04 Å². The molecule has 104 valence electrons. The summed E-state index contributed by atoms with van der Waals surface area (Å²) >= 11 is 4.47. The van der Waals surface area contributed by atoms with Gasteiger partial charge in [-0.2, -0.15) is 11.8 Å². The molecule has 0 bridgehead atoms. The predicted molar refractivity (Wildman–Crippen MR) is 91.0 cm³/mol. The van der Waals surface area contributed by atoms with E-state index in [-0.39, 0.29) is 5.60 Å². The van der Waals surface area contributed by atoms with E-state index in [1.807, 2.05) is 0 Å². The Morgan fingerprint density at radius 3 is 2.84 bits per heavy atom. The second-order valence-electron chi connectivity index (χ2n) is 5.46. The van der Waals surface area contributed by atoms with Gasteiger partial charge in [-0.05, 0) is 71.9 Å². The number of halogens is 1. The van der Waals surface area contributed by atoms with Gasteiger partial charge in [0.15, 0.2) is 0 Å². The maximum absolute atomic E-state index is 6.15. The molecule has 19 heavy (non-hydrogen) atoms. The molecule has 3 rings (SSSR count). The summed E-state index contributed by atoms with van der Waals surface area (Å²) in [6, 6.07) is 9.11. The molecule has 2 nitrogen and oxygen atoms in total. The van der Waals surface area contributed by atoms with Crippen molar-refractivity contribution in [2.24, 2.45) is 0 Å². The number of para-hydroxylation sites is 1. The lowest BCUT2D eigenvalue weighted by Gasteiger charge is -2.43. The summed E-state index contributed by atoms with van der Waals surface area (Å²) in [6.45, 7) is 0.908. The largest absolute Gasteiger partial charge is 0.381 e. The van der Waals surface area contributed by atoms with Crippen molar-refractivity contribution in [3.8, 4) is 0 Å². The van der Waals surface area contributed by atoms with Crippen LogP contribution in [0.1, 0.15) is 25.7 Å². The minimum Gasteiger partial charge on any atom is -0.381 e.